The van der Waals surface area contributed by atoms with E-state index in [1.165, 1.54) is 18.3 Å². The number of aromatic nitrogens is 1. The van der Waals surface area contributed by atoms with Crippen LogP contribution < -0.4 is 10.6 Å². The molecule has 2 N–H and O–H groups in total. The van der Waals surface area contributed by atoms with Crippen molar-refractivity contribution in [1.82, 2.24) is 10.3 Å². The van der Waals surface area contributed by atoms with E-state index in [4.69, 9.17) is 23.2 Å². The van der Waals surface area contributed by atoms with Crippen LogP contribution in [0.15, 0.2) is 24.4 Å². The Kier molecular flexibility index (Phi) is 4.60. The highest BCUT2D eigenvalue weighted by molar-refractivity contribution is 6.31. The zero-order chi connectivity index (χ0) is 22.2. The van der Waals surface area contributed by atoms with Gasteiger partial charge in [-0.05, 0) is 42.2 Å². The predicted molar refractivity (Wildman–Crippen MR) is 108 cm³/mol. The molecular weight excluding hydrogens is 457 g/mol. The number of halogens is 6. The molecule has 2 fully saturated rings. The zero-order valence-corrected chi connectivity index (χ0v) is 17.6. The number of fused-ring (bicyclic) bond motifs is 3. The standard InChI is InChI=1S/C21H17Cl2F4N3O/c22-13-4-15-11(3-14(13)26)21(18(31)30-15)12(10-1-2-28-17(23)16(10)27)5-29-20(21)6-19(7-20,8-24)9-25/h1-4,12,29H,5-9H2,(H,30,31)/t12-,21-/m1/s1. The Balaban J connectivity index is 1.76. The first-order chi connectivity index (χ1) is 14.7. The minimum Gasteiger partial charge on any atom is -0.325 e. The third-order valence-electron chi connectivity index (χ3n) is 7.19. The van der Waals surface area contributed by atoms with Crippen molar-refractivity contribution < 1.29 is 22.4 Å². The Morgan fingerprint density at radius 2 is 1.87 bits per heavy atom. The van der Waals surface area contributed by atoms with E-state index >= 15 is 4.39 Å². The quantitative estimate of drug-likeness (QED) is 0.501. The first kappa shape index (κ1) is 21.0. The lowest BCUT2D eigenvalue weighted by Gasteiger charge is -2.59. The van der Waals surface area contributed by atoms with Crippen molar-refractivity contribution in [3.8, 4) is 0 Å². The van der Waals surface area contributed by atoms with Crippen molar-refractivity contribution in [3.05, 3.63) is 57.3 Å². The van der Waals surface area contributed by atoms with Gasteiger partial charge in [-0.15, -0.1) is 0 Å². The smallest absolute Gasteiger partial charge is 0.237 e. The molecule has 2 atom stereocenters. The first-order valence-corrected chi connectivity index (χ1v) is 10.5. The number of anilines is 1. The normalized spacial score (nSPS) is 27.4. The highest BCUT2D eigenvalue weighted by atomic mass is 35.5. The SMILES string of the molecule is O=C1Nc2cc(Cl)c(F)cc2[C@@]12[C@@H](c1ccnc(Cl)c1F)CNC21CC(CF)(CF)C1. The number of amides is 1. The maximum Gasteiger partial charge on any atom is 0.237 e. The van der Waals surface area contributed by atoms with Gasteiger partial charge in [0.15, 0.2) is 11.0 Å². The van der Waals surface area contributed by atoms with Crippen LogP contribution in [0.25, 0.3) is 0 Å². The molecule has 0 bridgehead atoms. The Morgan fingerprint density at radius 1 is 1.16 bits per heavy atom. The fraction of sp³-hybridized carbons (Fsp3) is 0.429. The third kappa shape index (κ3) is 2.52. The number of pyridine rings is 1. The molecule has 1 amide bonds. The van der Waals surface area contributed by atoms with Crippen molar-refractivity contribution in [3.63, 3.8) is 0 Å². The summed E-state index contributed by atoms with van der Waals surface area (Å²) < 4.78 is 57.0. The zero-order valence-electron chi connectivity index (χ0n) is 16.0. The van der Waals surface area contributed by atoms with Crippen LogP contribution in [0.3, 0.4) is 0 Å². The molecule has 31 heavy (non-hydrogen) atoms. The van der Waals surface area contributed by atoms with Gasteiger partial charge in [-0.2, -0.15) is 0 Å². The molecule has 10 heteroatoms. The molecule has 164 valence electrons. The summed E-state index contributed by atoms with van der Waals surface area (Å²) in [5, 5.41) is 5.44. The van der Waals surface area contributed by atoms with E-state index in [9.17, 15) is 18.0 Å². The lowest BCUT2D eigenvalue weighted by atomic mass is 9.46. The molecule has 1 aromatic carbocycles. The second kappa shape index (κ2) is 6.80. The van der Waals surface area contributed by atoms with E-state index in [-0.39, 0.29) is 40.7 Å². The fourth-order valence-electron chi connectivity index (χ4n) is 5.97. The van der Waals surface area contributed by atoms with Crippen LogP contribution in [-0.2, 0) is 10.2 Å². The summed E-state index contributed by atoms with van der Waals surface area (Å²) in [5.74, 6) is -2.85. The number of hydrogen-bond acceptors (Lipinski definition) is 3. The van der Waals surface area contributed by atoms with Gasteiger partial charge in [-0.1, -0.05) is 23.2 Å². The molecule has 2 spiro atoms. The van der Waals surface area contributed by atoms with E-state index < -0.39 is 53.2 Å². The summed E-state index contributed by atoms with van der Waals surface area (Å²) >= 11 is 11.8. The Hall–Kier alpha value is -1.90. The molecule has 0 unspecified atom stereocenters. The third-order valence-corrected chi connectivity index (χ3v) is 7.74. The van der Waals surface area contributed by atoms with E-state index in [1.54, 1.807) is 0 Å². The molecule has 3 heterocycles. The number of nitrogens with one attached hydrogen (secondary N) is 2. The van der Waals surface area contributed by atoms with Gasteiger partial charge < -0.3 is 10.6 Å². The van der Waals surface area contributed by atoms with Crippen LogP contribution in [0.4, 0.5) is 23.2 Å². The van der Waals surface area contributed by atoms with Crippen LogP contribution in [0.2, 0.25) is 10.2 Å². The molecule has 1 saturated carbocycles. The maximum absolute atomic E-state index is 15.0. The number of rotatable bonds is 3. The van der Waals surface area contributed by atoms with Crippen LogP contribution in [0, 0.1) is 17.0 Å². The van der Waals surface area contributed by atoms with Gasteiger partial charge in [0.2, 0.25) is 5.91 Å². The molecule has 1 saturated heterocycles. The average Bonchev–Trinajstić information content (AvgIpc) is 3.20. The highest BCUT2D eigenvalue weighted by Crippen LogP contribution is 2.67. The molecular formula is C21H17Cl2F4N3O. The first-order valence-electron chi connectivity index (χ1n) is 9.71. The van der Waals surface area contributed by atoms with Gasteiger partial charge in [-0.3, -0.25) is 13.6 Å². The molecule has 5 rings (SSSR count). The summed E-state index contributed by atoms with van der Waals surface area (Å²) in [6.07, 6.45) is 1.33. The minimum atomic E-state index is -1.51. The summed E-state index contributed by atoms with van der Waals surface area (Å²) in [4.78, 5) is 17.3. The Labute approximate surface area is 185 Å². The van der Waals surface area contributed by atoms with Crippen molar-refractivity contribution in [2.24, 2.45) is 5.41 Å². The van der Waals surface area contributed by atoms with Crippen LogP contribution in [-0.4, -0.2) is 36.3 Å². The molecule has 2 aromatic rings. The molecule has 1 aliphatic carbocycles. The van der Waals surface area contributed by atoms with Crippen molar-refractivity contribution in [2.75, 3.05) is 25.2 Å². The average molecular weight is 474 g/mol. The van der Waals surface area contributed by atoms with E-state index in [0.717, 1.165) is 6.07 Å². The van der Waals surface area contributed by atoms with E-state index in [0.29, 0.717) is 5.69 Å². The lowest BCUT2D eigenvalue weighted by molar-refractivity contribution is -0.131. The molecule has 3 aliphatic rings. The van der Waals surface area contributed by atoms with E-state index in [1.807, 2.05) is 0 Å². The number of benzene rings is 1. The summed E-state index contributed by atoms with van der Waals surface area (Å²) in [5.41, 5.74) is -3.13. The number of nitrogens with zero attached hydrogens (tertiary/aromatic N) is 1. The van der Waals surface area contributed by atoms with Gasteiger partial charge in [0.05, 0.1) is 18.4 Å². The largest absolute Gasteiger partial charge is 0.325 e. The molecule has 2 aliphatic heterocycles. The van der Waals surface area contributed by atoms with Crippen LogP contribution >= 0.6 is 23.2 Å². The summed E-state index contributed by atoms with van der Waals surface area (Å²) in [6, 6.07) is 3.87. The van der Waals surface area contributed by atoms with Gasteiger partial charge in [-0.25, -0.2) is 13.8 Å². The molecule has 0 radical (unpaired) electrons. The van der Waals surface area contributed by atoms with Gasteiger partial charge in [0, 0.05) is 35.3 Å². The lowest BCUT2D eigenvalue weighted by Crippen LogP contribution is -2.70. The predicted octanol–water partition coefficient (Wildman–Crippen LogP) is 4.70. The Morgan fingerprint density at radius 3 is 2.55 bits per heavy atom. The van der Waals surface area contributed by atoms with E-state index in [2.05, 4.69) is 15.6 Å². The highest BCUT2D eigenvalue weighted by Gasteiger charge is 2.75. The fourth-order valence-corrected chi connectivity index (χ4v) is 6.29. The number of carbonyl (C=O) groups excluding carboxylic acids is 1. The number of alkyl halides is 2. The van der Waals surface area contributed by atoms with Crippen molar-refractivity contribution in [2.45, 2.75) is 29.7 Å². The van der Waals surface area contributed by atoms with Crippen LogP contribution in [0.1, 0.15) is 29.9 Å². The Bertz CT molecular complexity index is 1100. The summed E-state index contributed by atoms with van der Waals surface area (Å²) in [7, 11) is 0. The van der Waals surface area contributed by atoms with Gasteiger partial charge >= 0.3 is 0 Å². The van der Waals surface area contributed by atoms with Crippen molar-refractivity contribution >= 4 is 34.8 Å². The van der Waals surface area contributed by atoms with Gasteiger partial charge in [0.25, 0.3) is 0 Å². The number of carbonyl (C=O) groups is 1. The van der Waals surface area contributed by atoms with Crippen molar-refractivity contribution in [1.29, 1.82) is 0 Å². The maximum atomic E-state index is 15.0. The second-order valence-electron chi connectivity index (χ2n) is 8.72. The van der Waals surface area contributed by atoms with Crippen LogP contribution in [0.5, 0.6) is 0 Å². The summed E-state index contributed by atoms with van der Waals surface area (Å²) in [6.45, 7) is -1.66. The monoisotopic (exact) mass is 473 g/mol. The second-order valence-corrected chi connectivity index (χ2v) is 9.48. The topological polar surface area (TPSA) is 54.0 Å². The van der Waals surface area contributed by atoms with Gasteiger partial charge in [0.1, 0.15) is 11.2 Å². The molecule has 1 aromatic heterocycles. The molecule has 4 nitrogen and oxygen atoms in total. The number of hydrogen-bond donors (Lipinski definition) is 2. The minimum absolute atomic E-state index is 0.00103.